The Bertz CT molecular complexity index is 1300. The quantitative estimate of drug-likeness (QED) is 0.113. The van der Waals surface area contributed by atoms with Crippen molar-refractivity contribution in [1.29, 1.82) is 0 Å². The molecule has 4 rings (SSSR count). The van der Waals surface area contributed by atoms with Crippen LogP contribution < -0.4 is 0 Å². The van der Waals surface area contributed by atoms with Crippen molar-refractivity contribution in [3.8, 4) is 0 Å². The van der Waals surface area contributed by atoms with E-state index in [1.807, 2.05) is 24.1 Å². The van der Waals surface area contributed by atoms with Crippen LogP contribution in [-0.2, 0) is 6.42 Å². The SMILES string of the molecule is CN(CCCCCCC(F)(F)C(F)(F)C(F)(F)C(F)(F)C(F)(F)C(F)(F)F)CCCCC[C@@H]1Cc2ccccc2[C@@H]2[C@@H]1[C@@H]1CCC[C@@]1(C)C[C@@H]2F. The largest absolute Gasteiger partial charge is 0.460 e. The van der Waals surface area contributed by atoms with Gasteiger partial charge in [-0.05, 0) is 106 Å². The van der Waals surface area contributed by atoms with E-state index in [0.717, 1.165) is 51.4 Å². The molecule has 6 atom stereocenters. The Morgan fingerprint density at radius 1 is 0.725 bits per heavy atom. The Morgan fingerprint density at radius 2 is 1.29 bits per heavy atom. The number of unbranched alkanes of at least 4 members (excludes halogenated alkanes) is 5. The van der Waals surface area contributed by atoms with Crippen molar-refractivity contribution >= 4 is 0 Å². The number of hydrogen-bond acceptors (Lipinski definition) is 1. The van der Waals surface area contributed by atoms with Gasteiger partial charge < -0.3 is 4.90 Å². The second-order valence-corrected chi connectivity index (χ2v) is 15.5. The van der Waals surface area contributed by atoms with Crippen LogP contribution in [0.1, 0.15) is 107 Å². The van der Waals surface area contributed by atoms with Gasteiger partial charge in [-0.3, -0.25) is 0 Å². The van der Waals surface area contributed by atoms with Crippen LogP contribution in [0.3, 0.4) is 0 Å². The van der Waals surface area contributed by atoms with Crippen molar-refractivity contribution in [2.24, 2.45) is 23.2 Å². The Hall–Kier alpha value is -1.80. The second kappa shape index (κ2) is 15.1. The molecule has 15 heteroatoms. The third kappa shape index (κ3) is 7.89. The summed E-state index contributed by atoms with van der Waals surface area (Å²) < 4.78 is 188. The average molecular weight is 760 g/mol. The molecule has 3 aliphatic carbocycles. The smallest absolute Gasteiger partial charge is 0.306 e. The number of nitrogens with zero attached hydrogens (tertiary/aromatic N) is 1. The van der Waals surface area contributed by atoms with E-state index in [2.05, 4.69) is 19.1 Å². The van der Waals surface area contributed by atoms with Crippen molar-refractivity contribution in [2.45, 2.75) is 145 Å². The summed E-state index contributed by atoms with van der Waals surface area (Å²) in [6.07, 6.45) is -2.27. The van der Waals surface area contributed by atoms with Gasteiger partial charge in [0, 0.05) is 12.3 Å². The molecule has 0 heterocycles. The molecular formula is C36H47F14N. The lowest BCUT2D eigenvalue weighted by Crippen LogP contribution is -2.70. The highest BCUT2D eigenvalue weighted by atomic mass is 19.4. The molecule has 0 bridgehead atoms. The van der Waals surface area contributed by atoms with Gasteiger partial charge in [0.2, 0.25) is 0 Å². The van der Waals surface area contributed by atoms with E-state index in [4.69, 9.17) is 0 Å². The Morgan fingerprint density at radius 3 is 1.92 bits per heavy atom. The Balaban J connectivity index is 1.17. The molecule has 0 radical (unpaired) electrons. The van der Waals surface area contributed by atoms with Crippen LogP contribution in [0.2, 0.25) is 0 Å². The van der Waals surface area contributed by atoms with Gasteiger partial charge in [-0.2, -0.15) is 57.1 Å². The first-order valence-corrected chi connectivity index (χ1v) is 17.8. The fourth-order valence-corrected chi connectivity index (χ4v) is 9.13. The lowest BCUT2D eigenvalue weighted by atomic mass is 9.52. The number of fused-ring (bicyclic) bond motifs is 5. The van der Waals surface area contributed by atoms with Gasteiger partial charge in [0.1, 0.15) is 6.17 Å². The highest BCUT2D eigenvalue weighted by Crippen LogP contribution is 2.64. The predicted molar refractivity (Wildman–Crippen MR) is 165 cm³/mol. The summed E-state index contributed by atoms with van der Waals surface area (Å²) in [5.74, 6) is -35.3. The second-order valence-electron chi connectivity index (χ2n) is 15.5. The van der Waals surface area contributed by atoms with Gasteiger partial charge in [0.25, 0.3) is 0 Å². The molecule has 1 nitrogen and oxygen atoms in total. The number of halogens is 14. The van der Waals surface area contributed by atoms with Crippen LogP contribution in [0.15, 0.2) is 24.3 Å². The van der Waals surface area contributed by atoms with E-state index in [0.29, 0.717) is 43.7 Å². The van der Waals surface area contributed by atoms with Crippen molar-refractivity contribution in [3.63, 3.8) is 0 Å². The monoisotopic (exact) mass is 759 g/mol. The summed E-state index contributed by atoms with van der Waals surface area (Å²) in [5, 5.41) is 0. The molecule has 0 saturated heterocycles. The predicted octanol–water partition coefficient (Wildman–Crippen LogP) is 12.3. The summed E-state index contributed by atoms with van der Waals surface area (Å²) in [7, 11) is 1.82. The van der Waals surface area contributed by atoms with Gasteiger partial charge in [0.15, 0.2) is 0 Å². The maximum absolute atomic E-state index is 15.8. The molecular weight excluding hydrogens is 712 g/mol. The van der Waals surface area contributed by atoms with Crippen LogP contribution in [0, 0.1) is 23.2 Å². The van der Waals surface area contributed by atoms with E-state index in [-0.39, 0.29) is 24.2 Å². The lowest BCUT2D eigenvalue weighted by molar-refractivity contribution is -0.440. The summed E-state index contributed by atoms with van der Waals surface area (Å²) in [5.41, 5.74) is 2.47. The first kappa shape index (κ1) is 41.9. The molecule has 0 amide bonds. The Labute approximate surface area is 289 Å². The molecule has 0 N–H and O–H groups in total. The van der Waals surface area contributed by atoms with Crippen LogP contribution in [-0.4, -0.2) is 67.0 Å². The minimum absolute atomic E-state index is 0.0479. The highest BCUT2D eigenvalue weighted by Gasteiger charge is 2.90. The van der Waals surface area contributed by atoms with Gasteiger partial charge in [-0.25, -0.2) is 4.39 Å². The summed E-state index contributed by atoms with van der Waals surface area (Å²) >= 11 is 0. The fraction of sp³-hybridized carbons (Fsp3) is 0.833. The normalized spacial score (nSPS) is 27.7. The third-order valence-electron chi connectivity index (χ3n) is 11.9. The Kier molecular flexibility index (Phi) is 12.5. The standard InChI is InChI=1S/C36H47F14N/c1-30-17-12-16-26(30)28-24(21-23-13-7-8-15-25(23)29(28)27(37)22-30)14-6-5-11-20-51(2)19-10-4-3-9-18-31(38,39)32(40,41)33(42,43)34(44,45)35(46,47)36(48,49)50/h7-8,13,15,24,26-29H,3-6,9-12,14,16-22H2,1-2H3/t24-,26+,27+,28+,29+,30+/m1/s1. The topological polar surface area (TPSA) is 3.24 Å². The zero-order valence-corrected chi connectivity index (χ0v) is 28.7. The zero-order chi connectivity index (χ0) is 38.3. The molecule has 1 aromatic carbocycles. The molecule has 0 unspecified atom stereocenters. The van der Waals surface area contributed by atoms with Crippen LogP contribution in [0.5, 0.6) is 0 Å². The lowest BCUT2D eigenvalue weighted by Gasteiger charge is -2.53. The molecule has 294 valence electrons. The van der Waals surface area contributed by atoms with Crippen LogP contribution in [0.4, 0.5) is 61.5 Å². The van der Waals surface area contributed by atoms with E-state index in [9.17, 15) is 57.1 Å². The van der Waals surface area contributed by atoms with E-state index in [1.165, 1.54) is 11.1 Å². The third-order valence-corrected chi connectivity index (χ3v) is 11.9. The summed E-state index contributed by atoms with van der Waals surface area (Å²) in [6.45, 7) is 3.44. The van der Waals surface area contributed by atoms with Crippen molar-refractivity contribution in [2.75, 3.05) is 20.1 Å². The molecule has 3 aliphatic rings. The number of alkyl halides is 14. The maximum Gasteiger partial charge on any atom is 0.460 e. The van der Waals surface area contributed by atoms with Gasteiger partial charge in [0.05, 0.1) is 0 Å². The molecule has 0 aliphatic heterocycles. The minimum atomic E-state index is -7.85. The molecule has 2 fully saturated rings. The minimum Gasteiger partial charge on any atom is -0.306 e. The van der Waals surface area contributed by atoms with Crippen molar-refractivity contribution in [1.82, 2.24) is 4.90 Å². The van der Waals surface area contributed by atoms with E-state index in [1.54, 1.807) is 0 Å². The van der Waals surface area contributed by atoms with Crippen LogP contribution in [0.25, 0.3) is 0 Å². The highest BCUT2D eigenvalue weighted by molar-refractivity contribution is 5.37. The molecule has 1 aromatic rings. The molecule has 51 heavy (non-hydrogen) atoms. The van der Waals surface area contributed by atoms with Crippen LogP contribution >= 0.6 is 0 Å². The van der Waals surface area contributed by atoms with Gasteiger partial charge in [-0.15, -0.1) is 0 Å². The van der Waals surface area contributed by atoms with Crippen molar-refractivity contribution in [3.05, 3.63) is 35.4 Å². The summed E-state index contributed by atoms with van der Waals surface area (Å²) in [6, 6.07) is 8.23. The average Bonchev–Trinajstić information content (AvgIpc) is 3.42. The number of rotatable bonds is 17. The molecule has 0 spiro atoms. The maximum atomic E-state index is 15.8. The van der Waals surface area contributed by atoms with E-state index < -0.39 is 54.8 Å². The molecule has 2 saturated carbocycles. The fourth-order valence-electron chi connectivity index (χ4n) is 9.13. The zero-order valence-electron chi connectivity index (χ0n) is 28.7. The van der Waals surface area contributed by atoms with E-state index >= 15 is 4.39 Å². The van der Waals surface area contributed by atoms with Gasteiger partial charge >= 0.3 is 35.8 Å². The first-order chi connectivity index (χ1) is 23.4. The van der Waals surface area contributed by atoms with Gasteiger partial charge in [-0.1, -0.05) is 63.3 Å². The first-order valence-electron chi connectivity index (χ1n) is 17.8. The number of hydrogen-bond donors (Lipinski definition) is 0. The number of benzene rings is 1. The molecule has 0 aromatic heterocycles. The van der Waals surface area contributed by atoms with Crippen molar-refractivity contribution < 1.29 is 61.5 Å². The summed E-state index contributed by atoms with van der Waals surface area (Å²) in [4.78, 5) is 1.97.